The van der Waals surface area contributed by atoms with Crippen molar-refractivity contribution in [3.8, 4) is 11.6 Å². The van der Waals surface area contributed by atoms with Gasteiger partial charge >= 0.3 is 0 Å². The number of rotatable bonds is 3. The van der Waals surface area contributed by atoms with Gasteiger partial charge < -0.3 is 4.74 Å². The Hall–Kier alpha value is -1.68. The van der Waals surface area contributed by atoms with Gasteiger partial charge in [-0.3, -0.25) is 0 Å². The van der Waals surface area contributed by atoms with Gasteiger partial charge in [-0.1, -0.05) is 30.4 Å². The molecule has 0 radical (unpaired) electrons. The quantitative estimate of drug-likeness (QED) is 0.812. The molecule has 0 bridgehead atoms. The third-order valence-electron chi connectivity index (χ3n) is 2.25. The van der Waals surface area contributed by atoms with Crippen LogP contribution < -0.4 is 4.74 Å². The number of para-hydroxylation sites is 1. The summed E-state index contributed by atoms with van der Waals surface area (Å²) in [5.41, 5.74) is 0.879. The molecule has 0 aliphatic rings. The molecule has 1 heterocycles. The van der Waals surface area contributed by atoms with Crippen LogP contribution in [0.4, 0.5) is 4.39 Å². The first kappa shape index (κ1) is 12.8. The molecule has 0 N–H and O–H groups in total. The Morgan fingerprint density at radius 3 is 2.83 bits per heavy atom. The molecule has 0 fully saturated rings. The topological polar surface area (TPSA) is 22.1 Å². The van der Waals surface area contributed by atoms with Gasteiger partial charge in [0.25, 0.3) is 5.88 Å². The molecule has 18 heavy (non-hydrogen) atoms. The summed E-state index contributed by atoms with van der Waals surface area (Å²) in [6.45, 7) is 1.91. The lowest BCUT2D eigenvalue weighted by Gasteiger charge is -2.08. The Kier molecular flexibility index (Phi) is 4.10. The molecule has 4 heteroatoms. The fraction of sp³-hybridized carbons (Fsp3) is 0.0714. The van der Waals surface area contributed by atoms with Gasteiger partial charge in [0.15, 0.2) is 5.82 Å². The predicted molar refractivity (Wildman–Crippen MR) is 73.1 cm³/mol. The van der Waals surface area contributed by atoms with E-state index in [9.17, 15) is 4.39 Å². The second kappa shape index (κ2) is 5.78. The zero-order valence-electron chi connectivity index (χ0n) is 9.73. The van der Waals surface area contributed by atoms with Crippen LogP contribution in [0.15, 0.2) is 47.1 Å². The van der Waals surface area contributed by atoms with E-state index in [4.69, 9.17) is 4.74 Å². The summed E-state index contributed by atoms with van der Waals surface area (Å²) >= 11 is 3.15. The van der Waals surface area contributed by atoms with Crippen molar-refractivity contribution in [2.24, 2.45) is 0 Å². The van der Waals surface area contributed by atoms with Crippen LogP contribution in [-0.2, 0) is 0 Å². The average molecular weight is 308 g/mol. The van der Waals surface area contributed by atoms with Crippen molar-refractivity contribution in [2.45, 2.75) is 6.92 Å². The highest BCUT2D eigenvalue weighted by Crippen LogP contribution is 2.27. The van der Waals surface area contributed by atoms with Gasteiger partial charge in [0.2, 0.25) is 0 Å². The van der Waals surface area contributed by atoms with Gasteiger partial charge in [-0.25, -0.2) is 9.37 Å². The minimum Gasteiger partial charge on any atom is -0.436 e. The zero-order valence-corrected chi connectivity index (χ0v) is 11.3. The Bertz CT molecular complexity index is 584. The zero-order chi connectivity index (χ0) is 13.0. The number of hydrogen-bond donors (Lipinski definition) is 0. The molecule has 0 atom stereocenters. The summed E-state index contributed by atoms with van der Waals surface area (Å²) in [6, 6.07) is 8.72. The summed E-state index contributed by atoms with van der Waals surface area (Å²) in [5.74, 6) is 0.0409. The number of aromatic nitrogens is 1. The second-order valence-electron chi connectivity index (χ2n) is 3.58. The maximum Gasteiger partial charge on any atom is 0.255 e. The maximum absolute atomic E-state index is 13.6. The summed E-state index contributed by atoms with van der Waals surface area (Å²) in [5, 5.41) is 0. The van der Waals surface area contributed by atoms with E-state index in [0.717, 1.165) is 5.56 Å². The van der Waals surface area contributed by atoms with E-state index in [-0.39, 0.29) is 5.88 Å². The Morgan fingerprint density at radius 2 is 2.11 bits per heavy atom. The van der Waals surface area contributed by atoms with Crippen molar-refractivity contribution in [2.75, 3.05) is 0 Å². The Morgan fingerprint density at radius 1 is 1.33 bits per heavy atom. The van der Waals surface area contributed by atoms with Crippen molar-refractivity contribution >= 4 is 22.0 Å². The van der Waals surface area contributed by atoms with Crippen LogP contribution in [0.2, 0.25) is 0 Å². The fourth-order valence-corrected chi connectivity index (χ4v) is 1.78. The first-order valence-electron chi connectivity index (χ1n) is 5.41. The largest absolute Gasteiger partial charge is 0.436 e. The van der Waals surface area contributed by atoms with Crippen molar-refractivity contribution < 1.29 is 9.13 Å². The van der Waals surface area contributed by atoms with E-state index in [1.54, 1.807) is 6.07 Å². The Labute approximate surface area is 113 Å². The first-order chi connectivity index (χ1) is 8.70. The monoisotopic (exact) mass is 307 g/mol. The standard InChI is InChI=1S/C14H11BrFNO/c1-2-5-10-6-3-4-7-13(10)18-14-12(16)8-11(15)9-17-14/h2-9H,1H3/b5-2+. The number of halogens is 2. The van der Waals surface area contributed by atoms with Crippen molar-refractivity contribution in [3.05, 3.63) is 58.5 Å². The summed E-state index contributed by atoms with van der Waals surface area (Å²) < 4.78 is 19.7. The van der Waals surface area contributed by atoms with Crippen LogP contribution in [0.3, 0.4) is 0 Å². The van der Waals surface area contributed by atoms with Crippen molar-refractivity contribution in [3.63, 3.8) is 0 Å². The van der Waals surface area contributed by atoms with Gasteiger partial charge in [0.05, 0.1) is 0 Å². The van der Waals surface area contributed by atoms with Gasteiger partial charge in [0.1, 0.15) is 5.75 Å². The number of hydrogen-bond acceptors (Lipinski definition) is 2. The normalized spacial score (nSPS) is 10.8. The van der Waals surface area contributed by atoms with E-state index in [1.807, 2.05) is 37.3 Å². The highest BCUT2D eigenvalue weighted by molar-refractivity contribution is 9.10. The minimum atomic E-state index is -0.500. The molecule has 1 aromatic heterocycles. The second-order valence-corrected chi connectivity index (χ2v) is 4.50. The summed E-state index contributed by atoms with van der Waals surface area (Å²) in [7, 11) is 0. The summed E-state index contributed by atoms with van der Waals surface area (Å²) in [4.78, 5) is 3.91. The SMILES string of the molecule is C/C=C/c1ccccc1Oc1ncc(Br)cc1F. The number of ether oxygens (including phenoxy) is 1. The van der Waals surface area contributed by atoms with Crippen LogP contribution in [0.5, 0.6) is 11.6 Å². The molecule has 2 aromatic rings. The average Bonchev–Trinajstić information content (AvgIpc) is 2.35. The lowest BCUT2D eigenvalue weighted by Crippen LogP contribution is -1.93. The maximum atomic E-state index is 13.6. The molecule has 0 spiro atoms. The third-order valence-corrected chi connectivity index (χ3v) is 2.68. The van der Waals surface area contributed by atoms with E-state index in [2.05, 4.69) is 20.9 Å². The van der Waals surface area contributed by atoms with Gasteiger partial charge in [-0.2, -0.15) is 0 Å². The molecule has 2 nitrogen and oxygen atoms in total. The summed E-state index contributed by atoms with van der Waals surface area (Å²) in [6.07, 6.45) is 5.29. The van der Waals surface area contributed by atoms with E-state index >= 15 is 0 Å². The highest BCUT2D eigenvalue weighted by Gasteiger charge is 2.08. The van der Waals surface area contributed by atoms with Crippen LogP contribution in [0, 0.1) is 5.82 Å². The molecular formula is C14H11BrFNO. The fourth-order valence-electron chi connectivity index (χ4n) is 1.47. The lowest BCUT2D eigenvalue weighted by molar-refractivity contribution is 0.421. The molecule has 2 rings (SSSR count). The van der Waals surface area contributed by atoms with E-state index in [0.29, 0.717) is 10.2 Å². The molecule has 0 aliphatic heterocycles. The van der Waals surface area contributed by atoms with Gasteiger partial charge in [-0.05, 0) is 35.0 Å². The van der Waals surface area contributed by atoms with Crippen LogP contribution in [-0.4, -0.2) is 4.98 Å². The minimum absolute atomic E-state index is 0.0323. The lowest BCUT2D eigenvalue weighted by atomic mass is 10.2. The highest BCUT2D eigenvalue weighted by atomic mass is 79.9. The molecule has 0 aliphatic carbocycles. The molecule has 0 saturated carbocycles. The molecule has 0 amide bonds. The van der Waals surface area contributed by atoms with E-state index < -0.39 is 5.82 Å². The number of allylic oxidation sites excluding steroid dienone is 1. The third kappa shape index (κ3) is 2.96. The van der Waals surface area contributed by atoms with Crippen LogP contribution >= 0.6 is 15.9 Å². The smallest absolute Gasteiger partial charge is 0.255 e. The number of nitrogens with zero attached hydrogens (tertiary/aromatic N) is 1. The van der Waals surface area contributed by atoms with Crippen molar-refractivity contribution in [1.29, 1.82) is 0 Å². The Balaban J connectivity index is 2.34. The molecule has 1 aromatic carbocycles. The molecule has 0 saturated heterocycles. The molecule has 0 unspecified atom stereocenters. The first-order valence-corrected chi connectivity index (χ1v) is 6.20. The molecule has 92 valence electrons. The van der Waals surface area contributed by atoms with Gasteiger partial charge in [0, 0.05) is 16.2 Å². The number of benzene rings is 1. The van der Waals surface area contributed by atoms with Crippen LogP contribution in [0.1, 0.15) is 12.5 Å². The predicted octanol–water partition coefficient (Wildman–Crippen LogP) is 4.81. The number of pyridine rings is 1. The van der Waals surface area contributed by atoms with Crippen LogP contribution in [0.25, 0.3) is 6.08 Å². The van der Waals surface area contributed by atoms with E-state index in [1.165, 1.54) is 12.3 Å². The molecular weight excluding hydrogens is 297 g/mol. The van der Waals surface area contributed by atoms with Gasteiger partial charge in [-0.15, -0.1) is 0 Å². The van der Waals surface area contributed by atoms with Crippen molar-refractivity contribution in [1.82, 2.24) is 4.98 Å².